The monoisotopic (exact) mass is 286 g/mol. The lowest BCUT2D eigenvalue weighted by Crippen LogP contribution is -2.06. The zero-order chi connectivity index (χ0) is 14.8. The highest BCUT2D eigenvalue weighted by atomic mass is 16.5. The maximum Gasteiger partial charge on any atom is 0.293 e. The van der Waals surface area contributed by atoms with Gasteiger partial charge in [0.25, 0.3) is 12.4 Å². The average Bonchev–Trinajstić information content (AvgIpc) is 3.00. The van der Waals surface area contributed by atoms with Crippen LogP contribution in [0.25, 0.3) is 11.1 Å². The van der Waals surface area contributed by atoms with Crippen LogP contribution >= 0.6 is 0 Å². The van der Waals surface area contributed by atoms with Gasteiger partial charge in [0.1, 0.15) is 0 Å². The molecular formula is C20H16NO+. The van der Waals surface area contributed by atoms with Crippen LogP contribution in [0.4, 0.5) is 5.69 Å². The minimum atomic E-state index is 0.569. The molecule has 0 spiro atoms. The summed E-state index contributed by atoms with van der Waals surface area (Å²) in [5, 5.41) is 0. The Morgan fingerprint density at radius 3 is 2.23 bits per heavy atom. The van der Waals surface area contributed by atoms with Gasteiger partial charge >= 0.3 is 0 Å². The summed E-state index contributed by atoms with van der Waals surface area (Å²) in [4.78, 5) is 0. The smallest absolute Gasteiger partial charge is 0.293 e. The molecule has 0 radical (unpaired) electrons. The second-order valence-electron chi connectivity index (χ2n) is 5.33. The molecule has 0 N–H and O–H groups in total. The average molecular weight is 286 g/mol. The Morgan fingerprint density at radius 2 is 1.41 bits per heavy atom. The molecule has 106 valence electrons. The number of hydrogen-bond donors (Lipinski definition) is 0. The number of nitrogens with zero attached hydrogens (tertiary/aromatic N) is 1. The Labute approximate surface area is 129 Å². The number of para-hydroxylation sites is 2. The van der Waals surface area contributed by atoms with Gasteiger partial charge < -0.3 is 4.74 Å². The molecule has 22 heavy (non-hydrogen) atoms. The largest absolute Gasteiger partial charge is 0.429 e. The van der Waals surface area contributed by atoms with Crippen molar-refractivity contribution < 1.29 is 9.31 Å². The summed E-state index contributed by atoms with van der Waals surface area (Å²) in [5.41, 5.74) is 4.76. The highest BCUT2D eigenvalue weighted by molar-refractivity contribution is 5.79. The molecule has 0 fully saturated rings. The Balaban J connectivity index is 1.64. The molecule has 1 aliphatic rings. The third kappa shape index (κ3) is 2.40. The first-order chi connectivity index (χ1) is 10.9. The predicted octanol–water partition coefficient (Wildman–Crippen LogP) is 4.47. The van der Waals surface area contributed by atoms with Gasteiger partial charge in [-0.05, 0) is 29.3 Å². The third-order valence-electron chi connectivity index (χ3n) is 3.86. The molecule has 0 unspecified atom stereocenters. The van der Waals surface area contributed by atoms with Crippen molar-refractivity contribution in [1.29, 1.82) is 0 Å². The van der Waals surface area contributed by atoms with E-state index in [4.69, 9.17) is 4.74 Å². The lowest BCUT2D eigenvalue weighted by molar-refractivity contribution is -0.452. The zero-order valence-corrected chi connectivity index (χ0v) is 12.1. The van der Waals surface area contributed by atoms with Crippen molar-refractivity contribution >= 4 is 11.9 Å². The van der Waals surface area contributed by atoms with Crippen molar-refractivity contribution in [1.82, 2.24) is 0 Å². The molecule has 2 nitrogen and oxygen atoms in total. The van der Waals surface area contributed by atoms with Crippen LogP contribution in [0.5, 0.6) is 5.75 Å². The van der Waals surface area contributed by atoms with Crippen LogP contribution < -0.4 is 4.74 Å². The second kappa shape index (κ2) is 5.49. The van der Waals surface area contributed by atoms with Crippen LogP contribution in [0.3, 0.4) is 0 Å². The van der Waals surface area contributed by atoms with E-state index in [1.807, 2.05) is 24.3 Å². The van der Waals surface area contributed by atoms with Crippen molar-refractivity contribution in [3.05, 3.63) is 84.4 Å². The van der Waals surface area contributed by atoms with Crippen molar-refractivity contribution in [2.75, 3.05) is 6.73 Å². The molecule has 0 saturated heterocycles. The first-order valence-electron chi connectivity index (χ1n) is 7.39. The quantitative estimate of drug-likeness (QED) is 0.633. The van der Waals surface area contributed by atoms with Gasteiger partial charge in [-0.25, -0.2) is 0 Å². The van der Waals surface area contributed by atoms with Gasteiger partial charge in [0.05, 0.1) is 0 Å². The Hall–Kier alpha value is -2.87. The first kappa shape index (κ1) is 12.8. The number of benzene rings is 3. The molecule has 0 bridgehead atoms. The van der Waals surface area contributed by atoms with Crippen LogP contribution in [0, 0.1) is 0 Å². The summed E-state index contributed by atoms with van der Waals surface area (Å²) in [6.07, 6.45) is 2.13. The maximum absolute atomic E-state index is 5.67. The summed E-state index contributed by atoms with van der Waals surface area (Å²) < 4.78 is 7.80. The zero-order valence-electron chi connectivity index (χ0n) is 12.1. The lowest BCUT2D eigenvalue weighted by atomic mass is 10.0. The molecular weight excluding hydrogens is 270 g/mol. The second-order valence-corrected chi connectivity index (χ2v) is 5.33. The van der Waals surface area contributed by atoms with E-state index < -0.39 is 0 Å². The standard InChI is InChI=1S/C20H16NO/c1-2-6-17(7-3-1)18-12-10-16(11-13-18)14-21-15-22-20-9-5-4-8-19(20)21/h1-14H,15H2/q+1. The molecule has 2 heteroatoms. The van der Waals surface area contributed by atoms with Crippen LogP contribution in [0.1, 0.15) is 5.56 Å². The SMILES string of the molecule is C(c1ccc(-c2ccccc2)cc1)=[N+]1COc2ccccc21. The maximum atomic E-state index is 5.67. The minimum Gasteiger partial charge on any atom is -0.429 e. The molecule has 0 atom stereocenters. The van der Waals surface area contributed by atoms with Gasteiger partial charge in [-0.15, -0.1) is 0 Å². The van der Waals surface area contributed by atoms with Crippen LogP contribution in [-0.4, -0.2) is 17.5 Å². The van der Waals surface area contributed by atoms with Gasteiger partial charge in [0, 0.05) is 11.6 Å². The van der Waals surface area contributed by atoms with Crippen LogP contribution in [0.2, 0.25) is 0 Å². The lowest BCUT2D eigenvalue weighted by Gasteiger charge is -2.01. The van der Waals surface area contributed by atoms with E-state index >= 15 is 0 Å². The first-order valence-corrected chi connectivity index (χ1v) is 7.39. The number of ether oxygens (including phenoxy) is 1. The van der Waals surface area contributed by atoms with Crippen molar-refractivity contribution in [2.45, 2.75) is 0 Å². The van der Waals surface area contributed by atoms with E-state index in [0.717, 1.165) is 11.4 Å². The fraction of sp³-hybridized carbons (Fsp3) is 0.0500. The normalized spacial score (nSPS) is 14.6. The van der Waals surface area contributed by atoms with Gasteiger partial charge in [-0.1, -0.05) is 54.6 Å². The Kier molecular flexibility index (Phi) is 3.20. The minimum absolute atomic E-state index is 0.569. The number of rotatable bonds is 2. The molecule has 0 aromatic heterocycles. The molecule has 1 heterocycles. The predicted molar refractivity (Wildman–Crippen MR) is 88.9 cm³/mol. The highest BCUT2D eigenvalue weighted by Crippen LogP contribution is 2.31. The van der Waals surface area contributed by atoms with Crippen LogP contribution in [-0.2, 0) is 0 Å². The van der Waals surface area contributed by atoms with Gasteiger partial charge in [-0.2, -0.15) is 4.58 Å². The van der Waals surface area contributed by atoms with E-state index in [1.165, 1.54) is 16.7 Å². The summed E-state index contributed by atoms with van der Waals surface area (Å²) in [5.74, 6) is 0.944. The Morgan fingerprint density at radius 1 is 0.727 bits per heavy atom. The van der Waals surface area contributed by atoms with E-state index in [-0.39, 0.29) is 0 Å². The molecule has 3 aromatic carbocycles. The summed E-state index contributed by atoms with van der Waals surface area (Å²) in [6, 6.07) is 27.1. The van der Waals surface area contributed by atoms with Gasteiger partial charge in [-0.3, -0.25) is 0 Å². The van der Waals surface area contributed by atoms with E-state index in [9.17, 15) is 0 Å². The third-order valence-corrected chi connectivity index (χ3v) is 3.86. The van der Waals surface area contributed by atoms with Crippen molar-refractivity contribution in [2.24, 2.45) is 0 Å². The van der Waals surface area contributed by atoms with E-state index in [1.54, 1.807) is 0 Å². The summed E-state index contributed by atoms with van der Waals surface area (Å²) in [7, 11) is 0. The highest BCUT2D eigenvalue weighted by Gasteiger charge is 2.23. The van der Waals surface area contributed by atoms with Crippen molar-refractivity contribution in [3.8, 4) is 16.9 Å². The van der Waals surface area contributed by atoms with E-state index in [2.05, 4.69) is 65.4 Å². The molecule has 0 saturated carbocycles. The molecule has 4 rings (SSSR count). The fourth-order valence-corrected chi connectivity index (χ4v) is 2.70. The molecule has 0 amide bonds. The number of fused-ring (bicyclic) bond motifs is 1. The van der Waals surface area contributed by atoms with Crippen LogP contribution in [0.15, 0.2) is 78.9 Å². The topological polar surface area (TPSA) is 12.2 Å². The summed E-state index contributed by atoms with van der Waals surface area (Å²) in [6.45, 7) is 0.569. The Bertz CT molecular complexity index is 820. The molecule has 1 aliphatic heterocycles. The molecule has 0 aliphatic carbocycles. The number of hydrogen-bond acceptors (Lipinski definition) is 1. The van der Waals surface area contributed by atoms with Gasteiger partial charge in [0.2, 0.25) is 0 Å². The van der Waals surface area contributed by atoms with Crippen molar-refractivity contribution in [3.63, 3.8) is 0 Å². The molecule has 3 aromatic rings. The van der Waals surface area contributed by atoms with Gasteiger partial charge in [0.15, 0.2) is 12.0 Å². The summed E-state index contributed by atoms with van der Waals surface area (Å²) >= 11 is 0. The van der Waals surface area contributed by atoms with E-state index in [0.29, 0.717) is 6.73 Å². The fourth-order valence-electron chi connectivity index (χ4n) is 2.70.